The normalized spacial score (nSPS) is 21.5. The van der Waals surface area contributed by atoms with Crippen molar-refractivity contribution in [3.8, 4) is 11.5 Å². The van der Waals surface area contributed by atoms with E-state index >= 15 is 0 Å². The highest BCUT2D eigenvalue weighted by molar-refractivity contribution is 7.18. The molecule has 0 unspecified atom stereocenters. The van der Waals surface area contributed by atoms with Crippen molar-refractivity contribution in [2.75, 3.05) is 32.8 Å². The lowest BCUT2D eigenvalue weighted by Gasteiger charge is -2.31. The van der Waals surface area contributed by atoms with Gasteiger partial charge in [0.15, 0.2) is 11.5 Å². The quantitative estimate of drug-likeness (QED) is 0.681. The summed E-state index contributed by atoms with van der Waals surface area (Å²) < 4.78 is 12.9. The number of para-hydroxylation sites is 3. The zero-order valence-electron chi connectivity index (χ0n) is 16.8. The molecule has 6 nitrogen and oxygen atoms in total. The Hall–Kier alpha value is -2.64. The van der Waals surface area contributed by atoms with E-state index in [1.807, 2.05) is 30.3 Å². The zero-order chi connectivity index (χ0) is 20.3. The predicted molar refractivity (Wildman–Crippen MR) is 117 cm³/mol. The molecule has 2 aliphatic rings. The van der Waals surface area contributed by atoms with Crippen molar-refractivity contribution in [3.05, 3.63) is 53.5 Å². The third-order valence-corrected chi connectivity index (χ3v) is 6.83. The van der Waals surface area contributed by atoms with Gasteiger partial charge in [0.25, 0.3) is 0 Å². The van der Waals surface area contributed by atoms with Gasteiger partial charge in [0.2, 0.25) is 5.91 Å². The van der Waals surface area contributed by atoms with Crippen molar-refractivity contribution < 1.29 is 14.3 Å². The smallest absolute Gasteiger partial charge is 0.234 e. The van der Waals surface area contributed by atoms with Gasteiger partial charge in [-0.2, -0.15) is 0 Å². The molecule has 1 N–H and O–H groups in total. The lowest BCUT2D eigenvalue weighted by Crippen LogP contribution is -2.46. The molecule has 1 saturated heterocycles. The van der Waals surface area contributed by atoms with Crippen LogP contribution in [0, 0.1) is 0 Å². The Bertz CT molecular complexity index is 1000. The van der Waals surface area contributed by atoms with Gasteiger partial charge in [-0.15, -0.1) is 11.3 Å². The maximum absolute atomic E-state index is 12.5. The molecule has 5 rings (SSSR count). The molecule has 2 atom stereocenters. The Morgan fingerprint density at radius 1 is 1.17 bits per heavy atom. The highest BCUT2D eigenvalue weighted by Gasteiger charge is 2.26. The number of thiazole rings is 1. The number of benzene rings is 2. The number of carbonyl (C=O) groups excluding carboxylic acids is 1. The van der Waals surface area contributed by atoms with Crippen LogP contribution in [0.3, 0.4) is 0 Å². The number of fused-ring (bicyclic) bond motifs is 2. The van der Waals surface area contributed by atoms with E-state index in [0.29, 0.717) is 25.6 Å². The Morgan fingerprint density at radius 3 is 2.90 bits per heavy atom. The molecular weight excluding hydrogens is 398 g/mol. The molecule has 156 valence electrons. The molecular formula is C23H25N3O3S. The van der Waals surface area contributed by atoms with Crippen molar-refractivity contribution in [1.29, 1.82) is 0 Å². The lowest BCUT2D eigenvalue weighted by atomic mass is 9.99. The van der Waals surface area contributed by atoms with Crippen LogP contribution in [-0.2, 0) is 4.79 Å². The summed E-state index contributed by atoms with van der Waals surface area (Å²) in [7, 11) is 0. The first kappa shape index (κ1) is 19.3. The van der Waals surface area contributed by atoms with Crippen molar-refractivity contribution in [2.45, 2.75) is 24.9 Å². The minimum atomic E-state index is -0.166. The molecule has 3 aromatic rings. The molecule has 2 aromatic carbocycles. The summed E-state index contributed by atoms with van der Waals surface area (Å²) >= 11 is 1.78. The minimum absolute atomic E-state index is 0.0300. The summed E-state index contributed by atoms with van der Waals surface area (Å²) in [5, 5.41) is 4.20. The predicted octanol–water partition coefficient (Wildman–Crippen LogP) is 3.43. The molecule has 1 aromatic heterocycles. The molecule has 1 amide bonds. The molecule has 0 bridgehead atoms. The molecule has 0 saturated carbocycles. The van der Waals surface area contributed by atoms with Crippen LogP contribution >= 0.6 is 11.3 Å². The SMILES string of the molecule is O=C(CN1CCC[C@H](c2nc3ccccc3s2)C1)NC[C@@H]1COc2ccccc2O1. The zero-order valence-corrected chi connectivity index (χ0v) is 17.6. The van der Waals surface area contributed by atoms with Crippen LogP contribution in [0.4, 0.5) is 0 Å². The van der Waals surface area contributed by atoms with Gasteiger partial charge in [-0.05, 0) is 43.7 Å². The van der Waals surface area contributed by atoms with E-state index in [2.05, 4.69) is 28.4 Å². The number of nitrogens with zero attached hydrogens (tertiary/aromatic N) is 2. The van der Waals surface area contributed by atoms with Crippen molar-refractivity contribution in [3.63, 3.8) is 0 Å². The standard InChI is InChI=1S/C23H25N3O3S/c27-22(24-12-17-15-28-19-8-2-3-9-20(19)29-17)14-26-11-5-6-16(13-26)23-25-18-7-1-4-10-21(18)30-23/h1-4,7-10,16-17H,5-6,11-15H2,(H,24,27)/t16-,17+/m0/s1. The van der Waals surface area contributed by atoms with E-state index in [1.54, 1.807) is 11.3 Å². The number of carbonyl (C=O) groups is 1. The van der Waals surface area contributed by atoms with Gasteiger partial charge < -0.3 is 14.8 Å². The topological polar surface area (TPSA) is 63.7 Å². The Labute approximate surface area is 179 Å². The average Bonchev–Trinajstić information content (AvgIpc) is 3.22. The summed E-state index contributed by atoms with van der Waals surface area (Å²) in [6.07, 6.45) is 2.05. The Kier molecular flexibility index (Phi) is 5.55. The van der Waals surface area contributed by atoms with Crippen LogP contribution in [0.2, 0.25) is 0 Å². The number of amides is 1. The summed E-state index contributed by atoms with van der Waals surface area (Å²) in [4.78, 5) is 19.6. The van der Waals surface area contributed by atoms with Gasteiger partial charge in [-0.3, -0.25) is 9.69 Å². The van der Waals surface area contributed by atoms with E-state index in [0.717, 1.165) is 42.9 Å². The summed E-state index contributed by atoms with van der Waals surface area (Å²) in [6.45, 7) is 3.13. The van der Waals surface area contributed by atoms with Gasteiger partial charge in [0, 0.05) is 12.5 Å². The average molecular weight is 424 g/mol. The number of ether oxygens (including phenoxy) is 2. The summed E-state index contributed by atoms with van der Waals surface area (Å²) in [6, 6.07) is 15.9. The fourth-order valence-electron chi connectivity index (χ4n) is 4.12. The van der Waals surface area contributed by atoms with E-state index in [1.165, 1.54) is 9.71 Å². The van der Waals surface area contributed by atoms with Crippen LogP contribution in [0.15, 0.2) is 48.5 Å². The van der Waals surface area contributed by atoms with Crippen molar-refractivity contribution >= 4 is 27.5 Å². The largest absolute Gasteiger partial charge is 0.486 e. The van der Waals surface area contributed by atoms with Gasteiger partial charge in [-0.1, -0.05) is 24.3 Å². The van der Waals surface area contributed by atoms with Crippen LogP contribution in [-0.4, -0.2) is 54.7 Å². The van der Waals surface area contributed by atoms with Crippen LogP contribution < -0.4 is 14.8 Å². The van der Waals surface area contributed by atoms with Gasteiger partial charge in [0.05, 0.1) is 28.3 Å². The third-order valence-electron chi connectivity index (χ3n) is 5.63. The number of hydrogen-bond acceptors (Lipinski definition) is 6. The Morgan fingerprint density at radius 2 is 2.00 bits per heavy atom. The minimum Gasteiger partial charge on any atom is -0.486 e. The monoisotopic (exact) mass is 423 g/mol. The highest BCUT2D eigenvalue weighted by Crippen LogP contribution is 2.33. The summed E-state index contributed by atoms with van der Waals surface area (Å²) in [5.41, 5.74) is 1.07. The maximum Gasteiger partial charge on any atom is 0.234 e. The molecule has 1 fully saturated rings. The number of piperidine rings is 1. The fraction of sp³-hybridized carbons (Fsp3) is 0.391. The van der Waals surface area contributed by atoms with E-state index < -0.39 is 0 Å². The van der Waals surface area contributed by atoms with E-state index in [4.69, 9.17) is 14.5 Å². The van der Waals surface area contributed by atoms with Crippen LogP contribution in [0.5, 0.6) is 11.5 Å². The molecule has 30 heavy (non-hydrogen) atoms. The second kappa shape index (κ2) is 8.62. The number of rotatable bonds is 5. The second-order valence-electron chi connectivity index (χ2n) is 7.90. The molecule has 0 aliphatic carbocycles. The van der Waals surface area contributed by atoms with Gasteiger partial charge in [-0.25, -0.2) is 4.98 Å². The van der Waals surface area contributed by atoms with Gasteiger partial charge in [0.1, 0.15) is 12.7 Å². The van der Waals surface area contributed by atoms with Crippen molar-refractivity contribution in [1.82, 2.24) is 15.2 Å². The molecule has 7 heteroatoms. The van der Waals surface area contributed by atoms with Crippen molar-refractivity contribution in [2.24, 2.45) is 0 Å². The number of likely N-dealkylation sites (tertiary alicyclic amines) is 1. The number of aromatic nitrogens is 1. The fourth-order valence-corrected chi connectivity index (χ4v) is 5.21. The molecule has 0 spiro atoms. The van der Waals surface area contributed by atoms with Gasteiger partial charge >= 0.3 is 0 Å². The lowest BCUT2D eigenvalue weighted by molar-refractivity contribution is -0.123. The molecule has 2 aliphatic heterocycles. The van der Waals surface area contributed by atoms with Crippen LogP contribution in [0.25, 0.3) is 10.2 Å². The third kappa shape index (κ3) is 4.27. The number of nitrogens with one attached hydrogen (secondary N) is 1. The van der Waals surface area contributed by atoms with E-state index in [-0.39, 0.29) is 12.0 Å². The Balaban J connectivity index is 1.13. The second-order valence-corrected chi connectivity index (χ2v) is 8.96. The number of hydrogen-bond donors (Lipinski definition) is 1. The first-order chi connectivity index (χ1) is 14.7. The maximum atomic E-state index is 12.5. The van der Waals surface area contributed by atoms with Crippen LogP contribution in [0.1, 0.15) is 23.8 Å². The first-order valence-electron chi connectivity index (χ1n) is 10.5. The first-order valence-corrected chi connectivity index (χ1v) is 11.3. The molecule has 0 radical (unpaired) electrons. The highest BCUT2D eigenvalue weighted by atomic mass is 32.1. The molecule has 3 heterocycles. The van der Waals surface area contributed by atoms with E-state index in [9.17, 15) is 4.79 Å². The summed E-state index contributed by atoms with van der Waals surface area (Å²) in [5.74, 6) is 1.92.